The van der Waals surface area contributed by atoms with Gasteiger partial charge in [-0.2, -0.15) is 5.10 Å². The minimum absolute atomic E-state index is 0.0475. The number of hydrogen-bond donors (Lipinski definition) is 0. The molecule has 0 aromatic carbocycles. The Morgan fingerprint density at radius 1 is 1.53 bits per heavy atom. The van der Waals surface area contributed by atoms with Gasteiger partial charge in [-0.15, -0.1) is 0 Å². The number of pyridine rings is 1. The Morgan fingerprint density at radius 3 is 2.84 bits per heavy atom. The van der Waals surface area contributed by atoms with Crippen molar-refractivity contribution in [1.29, 1.82) is 0 Å². The molecule has 2 rings (SSSR count). The van der Waals surface area contributed by atoms with E-state index >= 15 is 0 Å². The number of rotatable bonds is 4. The van der Waals surface area contributed by atoms with E-state index in [1.54, 1.807) is 23.0 Å². The average Bonchev–Trinajstić information content (AvgIpc) is 2.65. The van der Waals surface area contributed by atoms with Crippen LogP contribution in [-0.4, -0.2) is 27.7 Å². The number of ketones is 1. The Hall–Kier alpha value is -1.69. The Balaban J connectivity index is 2.31. The van der Waals surface area contributed by atoms with E-state index in [1.807, 2.05) is 14.0 Å². The number of methoxy groups -OCH3 is 1. The monoisotopic (exact) mass is 323 g/mol. The first kappa shape index (κ1) is 13.7. The van der Waals surface area contributed by atoms with Crippen LogP contribution in [0.2, 0.25) is 0 Å². The molecule has 0 spiro atoms. The fraction of sp³-hybridized carbons (Fsp3) is 0.308. The van der Waals surface area contributed by atoms with Crippen LogP contribution in [0.25, 0.3) is 0 Å². The maximum Gasteiger partial charge on any atom is 0.224 e. The zero-order valence-corrected chi connectivity index (χ0v) is 12.6. The third-order valence-corrected chi connectivity index (χ3v) is 3.89. The molecule has 100 valence electrons. The quantitative estimate of drug-likeness (QED) is 0.810. The average molecular weight is 324 g/mol. The molecule has 5 nitrogen and oxygen atoms in total. The van der Waals surface area contributed by atoms with E-state index in [2.05, 4.69) is 26.0 Å². The standard InChI is InChI=1S/C13H14BrN3O2/c1-8-12(14)10(17(2)16-8)7-11(18)9-5-4-6-15-13(9)19-3/h4-6H,7H2,1-3H3. The van der Waals surface area contributed by atoms with Gasteiger partial charge in [-0.1, -0.05) is 0 Å². The highest BCUT2D eigenvalue weighted by atomic mass is 79.9. The lowest BCUT2D eigenvalue weighted by Crippen LogP contribution is -2.10. The molecule has 0 saturated carbocycles. The first-order chi connectivity index (χ1) is 9.04. The van der Waals surface area contributed by atoms with Crippen LogP contribution in [0, 0.1) is 6.92 Å². The number of aromatic nitrogens is 3. The number of ether oxygens (including phenoxy) is 1. The zero-order chi connectivity index (χ0) is 14.0. The van der Waals surface area contributed by atoms with E-state index in [0.29, 0.717) is 11.4 Å². The molecule has 0 atom stereocenters. The molecule has 0 bridgehead atoms. The maximum absolute atomic E-state index is 12.3. The number of hydrogen-bond acceptors (Lipinski definition) is 4. The number of aryl methyl sites for hydroxylation is 2. The van der Waals surface area contributed by atoms with Crippen LogP contribution < -0.4 is 4.74 Å². The summed E-state index contributed by atoms with van der Waals surface area (Å²) < 4.78 is 7.68. The summed E-state index contributed by atoms with van der Waals surface area (Å²) in [5, 5.41) is 4.27. The van der Waals surface area contributed by atoms with Crippen molar-refractivity contribution in [2.24, 2.45) is 7.05 Å². The predicted molar refractivity (Wildman–Crippen MR) is 74.5 cm³/mol. The predicted octanol–water partition coefficient (Wildman–Crippen LogP) is 2.32. The fourth-order valence-corrected chi connectivity index (χ4v) is 2.36. The van der Waals surface area contributed by atoms with Crippen LogP contribution in [0.1, 0.15) is 21.7 Å². The molecule has 2 heterocycles. The maximum atomic E-state index is 12.3. The van der Waals surface area contributed by atoms with Gasteiger partial charge in [-0.3, -0.25) is 9.48 Å². The van der Waals surface area contributed by atoms with Gasteiger partial charge in [0.2, 0.25) is 5.88 Å². The van der Waals surface area contributed by atoms with Crippen LogP contribution in [0.4, 0.5) is 0 Å². The third kappa shape index (κ3) is 2.68. The minimum atomic E-state index is -0.0475. The molecule has 0 saturated heterocycles. The number of Topliss-reactive ketones (excluding diaryl/α,β-unsaturated/α-hetero) is 1. The van der Waals surface area contributed by atoms with Gasteiger partial charge in [0.05, 0.1) is 35.0 Å². The van der Waals surface area contributed by atoms with Crippen LogP contribution in [-0.2, 0) is 13.5 Å². The van der Waals surface area contributed by atoms with E-state index in [0.717, 1.165) is 15.9 Å². The molecular formula is C13H14BrN3O2. The van der Waals surface area contributed by atoms with E-state index in [-0.39, 0.29) is 12.2 Å². The van der Waals surface area contributed by atoms with Crippen molar-refractivity contribution in [3.8, 4) is 5.88 Å². The molecule has 0 aliphatic heterocycles. The molecule has 6 heteroatoms. The lowest BCUT2D eigenvalue weighted by molar-refractivity contribution is 0.0987. The largest absolute Gasteiger partial charge is 0.480 e. The van der Waals surface area contributed by atoms with E-state index in [4.69, 9.17) is 4.74 Å². The lowest BCUT2D eigenvalue weighted by atomic mass is 10.1. The zero-order valence-electron chi connectivity index (χ0n) is 11.0. The number of halogens is 1. The Bertz CT molecular complexity index is 622. The summed E-state index contributed by atoms with van der Waals surface area (Å²) in [5.41, 5.74) is 2.19. The summed E-state index contributed by atoms with van der Waals surface area (Å²) in [6, 6.07) is 3.44. The van der Waals surface area contributed by atoms with Crippen molar-refractivity contribution >= 4 is 21.7 Å². The van der Waals surface area contributed by atoms with E-state index < -0.39 is 0 Å². The second-order valence-corrected chi connectivity index (χ2v) is 4.92. The van der Waals surface area contributed by atoms with Gasteiger partial charge in [-0.25, -0.2) is 4.98 Å². The van der Waals surface area contributed by atoms with Crippen LogP contribution in [0.5, 0.6) is 5.88 Å². The summed E-state index contributed by atoms with van der Waals surface area (Å²) >= 11 is 3.46. The summed E-state index contributed by atoms with van der Waals surface area (Å²) in [5.74, 6) is 0.302. The molecule has 0 fully saturated rings. The normalized spacial score (nSPS) is 10.5. The van der Waals surface area contributed by atoms with E-state index in [9.17, 15) is 4.79 Å². The highest BCUT2D eigenvalue weighted by Gasteiger charge is 2.18. The van der Waals surface area contributed by atoms with Crippen molar-refractivity contribution in [2.45, 2.75) is 13.3 Å². The number of carbonyl (C=O) groups excluding carboxylic acids is 1. The van der Waals surface area contributed by atoms with E-state index in [1.165, 1.54) is 7.11 Å². The van der Waals surface area contributed by atoms with Gasteiger partial charge in [0.1, 0.15) is 0 Å². The molecule has 0 aliphatic carbocycles. The molecule has 2 aromatic rings. The molecule has 0 amide bonds. The van der Waals surface area contributed by atoms with Crippen molar-refractivity contribution in [3.05, 3.63) is 39.8 Å². The van der Waals surface area contributed by atoms with Crippen LogP contribution in [0.15, 0.2) is 22.8 Å². The van der Waals surface area contributed by atoms with Crippen LogP contribution >= 0.6 is 15.9 Å². The highest BCUT2D eigenvalue weighted by Crippen LogP contribution is 2.23. The minimum Gasteiger partial charge on any atom is -0.480 e. The topological polar surface area (TPSA) is 57.0 Å². The molecular weight excluding hydrogens is 310 g/mol. The lowest BCUT2D eigenvalue weighted by Gasteiger charge is -2.06. The summed E-state index contributed by atoms with van der Waals surface area (Å²) in [6.07, 6.45) is 1.85. The molecule has 0 N–H and O–H groups in total. The summed E-state index contributed by atoms with van der Waals surface area (Å²) in [7, 11) is 3.32. The Morgan fingerprint density at radius 2 is 2.26 bits per heavy atom. The van der Waals surface area contributed by atoms with Gasteiger partial charge >= 0.3 is 0 Å². The van der Waals surface area contributed by atoms with Crippen molar-refractivity contribution in [3.63, 3.8) is 0 Å². The molecule has 2 aromatic heterocycles. The van der Waals surface area contributed by atoms with Gasteiger partial charge in [-0.05, 0) is 35.0 Å². The van der Waals surface area contributed by atoms with Gasteiger partial charge in [0, 0.05) is 13.2 Å². The van der Waals surface area contributed by atoms with Gasteiger partial charge in [0.15, 0.2) is 5.78 Å². The second-order valence-electron chi connectivity index (χ2n) is 4.13. The number of carbonyl (C=O) groups is 1. The van der Waals surface area contributed by atoms with Crippen molar-refractivity contribution in [2.75, 3.05) is 7.11 Å². The second kappa shape index (κ2) is 5.52. The van der Waals surface area contributed by atoms with Gasteiger partial charge < -0.3 is 4.74 Å². The molecule has 19 heavy (non-hydrogen) atoms. The van der Waals surface area contributed by atoms with Crippen molar-refractivity contribution in [1.82, 2.24) is 14.8 Å². The van der Waals surface area contributed by atoms with Crippen LogP contribution in [0.3, 0.4) is 0 Å². The number of nitrogens with zero attached hydrogens (tertiary/aromatic N) is 3. The third-order valence-electron chi connectivity index (χ3n) is 2.85. The Kier molecular flexibility index (Phi) is 3.99. The summed E-state index contributed by atoms with van der Waals surface area (Å²) in [6.45, 7) is 1.89. The van der Waals surface area contributed by atoms with Crippen molar-refractivity contribution < 1.29 is 9.53 Å². The first-order valence-corrected chi connectivity index (χ1v) is 6.54. The fourth-order valence-electron chi connectivity index (χ4n) is 1.89. The summed E-state index contributed by atoms with van der Waals surface area (Å²) in [4.78, 5) is 16.4. The highest BCUT2D eigenvalue weighted by molar-refractivity contribution is 9.10. The van der Waals surface area contributed by atoms with Gasteiger partial charge in [0.25, 0.3) is 0 Å². The molecule has 0 radical (unpaired) electrons. The SMILES string of the molecule is COc1ncccc1C(=O)Cc1c(Br)c(C)nn1C. The molecule has 0 aliphatic rings. The smallest absolute Gasteiger partial charge is 0.224 e. The first-order valence-electron chi connectivity index (χ1n) is 5.74. The Labute approximate surface area is 119 Å². The molecule has 0 unspecified atom stereocenters.